The normalized spacial score (nSPS) is 20.3. The van der Waals surface area contributed by atoms with Crippen LogP contribution in [0.2, 0.25) is 0 Å². The molecule has 1 aliphatic heterocycles. The molecule has 1 fully saturated rings. The zero-order valence-corrected chi connectivity index (χ0v) is 15.1. The summed E-state index contributed by atoms with van der Waals surface area (Å²) in [5.41, 5.74) is 1.63. The van der Waals surface area contributed by atoms with Crippen LogP contribution in [0.1, 0.15) is 34.5 Å². The van der Waals surface area contributed by atoms with Crippen LogP contribution in [0.25, 0.3) is 0 Å². The summed E-state index contributed by atoms with van der Waals surface area (Å²) in [5.74, 6) is -0.715. The van der Waals surface area contributed by atoms with Crippen molar-refractivity contribution in [2.24, 2.45) is 0 Å². The maximum atomic E-state index is 12.8. The number of rotatable bonds is 5. The van der Waals surface area contributed by atoms with Crippen LogP contribution >= 0.6 is 0 Å². The van der Waals surface area contributed by atoms with E-state index in [2.05, 4.69) is 17.0 Å². The molecule has 0 radical (unpaired) electrons. The molecule has 1 N–H and O–H groups in total. The fraction of sp³-hybridized carbons (Fsp3) is 0.400. The van der Waals surface area contributed by atoms with Gasteiger partial charge in [-0.05, 0) is 38.4 Å². The molecule has 1 amide bonds. The number of carbonyl (C=O) groups excluding carboxylic acids is 1. The Morgan fingerprint density at radius 1 is 1.27 bits per heavy atom. The molecule has 26 heavy (non-hydrogen) atoms. The highest BCUT2D eigenvalue weighted by atomic mass is 16.4. The number of piperidine rings is 1. The molecule has 1 aliphatic rings. The molecule has 6 heteroatoms. The Morgan fingerprint density at radius 3 is 2.62 bits per heavy atom. The van der Waals surface area contributed by atoms with E-state index in [1.807, 2.05) is 25.2 Å². The van der Waals surface area contributed by atoms with Gasteiger partial charge in [-0.25, -0.2) is 4.79 Å². The second kappa shape index (κ2) is 7.74. The summed E-state index contributed by atoms with van der Waals surface area (Å²) in [7, 11) is 2.01. The Kier molecular flexibility index (Phi) is 5.42. The van der Waals surface area contributed by atoms with Crippen molar-refractivity contribution in [1.82, 2.24) is 9.80 Å². The predicted molar refractivity (Wildman–Crippen MR) is 96.8 cm³/mol. The first-order chi connectivity index (χ1) is 12.5. The topological polar surface area (TPSA) is 74.0 Å². The first-order valence-corrected chi connectivity index (χ1v) is 8.79. The number of hydrogen-bond donors (Lipinski definition) is 1. The van der Waals surface area contributed by atoms with Gasteiger partial charge in [0, 0.05) is 19.1 Å². The molecule has 2 aromatic rings. The van der Waals surface area contributed by atoms with E-state index in [9.17, 15) is 14.7 Å². The fourth-order valence-corrected chi connectivity index (χ4v) is 3.59. The number of carboxylic acid groups (broad SMARTS) is 1. The molecule has 1 saturated heterocycles. The van der Waals surface area contributed by atoms with Crippen LogP contribution in [0, 0.1) is 6.92 Å². The van der Waals surface area contributed by atoms with Crippen molar-refractivity contribution < 1.29 is 19.1 Å². The quantitative estimate of drug-likeness (QED) is 0.892. The third-order valence-corrected chi connectivity index (χ3v) is 5.11. The van der Waals surface area contributed by atoms with Gasteiger partial charge >= 0.3 is 5.97 Å². The van der Waals surface area contributed by atoms with Gasteiger partial charge in [-0.15, -0.1) is 0 Å². The molecule has 0 saturated carbocycles. The number of amides is 1. The fourth-order valence-electron chi connectivity index (χ4n) is 3.59. The molecule has 1 aromatic carbocycles. The maximum Gasteiger partial charge on any atom is 0.326 e. The van der Waals surface area contributed by atoms with Gasteiger partial charge in [0.25, 0.3) is 5.91 Å². The largest absolute Gasteiger partial charge is 0.480 e. The van der Waals surface area contributed by atoms with Gasteiger partial charge in [-0.3, -0.25) is 9.69 Å². The number of carboxylic acids is 1. The lowest BCUT2D eigenvalue weighted by Gasteiger charge is -2.40. The molecule has 0 spiro atoms. The third kappa shape index (κ3) is 3.80. The second-order valence-corrected chi connectivity index (χ2v) is 6.82. The van der Waals surface area contributed by atoms with Crippen molar-refractivity contribution in [1.29, 1.82) is 0 Å². The predicted octanol–water partition coefficient (Wildman–Crippen LogP) is 2.78. The Hall–Kier alpha value is -2.60. The van der Waals surface area contributed by atoms with Gasteiger partial charge in [-0.1, -0.05) is 30.3 Å². The van der Waals surface area contributed by atoms with Crippen molar-refractivity contribution in [3.63, 3.8) is 0 Å². The number of furan rings is 1. The van der Waals surface area contributed by atoms with Crippen LogP contribution in [0.15, 0.2) is 47.1 Å². The maximum absolute atomic E-state index is 12.8. The highest BCUT2D eigenvalue weighted by Crippen LogP contribution is 2.25. The van der Waals surface area contributed by atoms with E-state index in [0.29, 0.717) is 24.3 Å². The van der Waals surface area contributed by atoms with Crippen LogP contribution in [0.5, 0.6) is 0 Å². The molecular formula is C20H24N2O4. The Morgan fingerprint density at radius 2 is 2.00 bits per heavy atom. The van der Waals surface area contributed by atoms with E-state index in [0.717, 1.165) is 13.0 Å². The molecule has 6 nitrogen and oxygen atoms in total. The van der Waals surface area contributed by atoms with Crippen molar-refractivity contribution in [2.75, 3.05) is 13.6 Å². The van der Waals surface area contributed by atoms with Crippen LogP contribution in [0.3, 0.4) is 0 Å². The lowest BCUT2D eigenvalue weighted by atomic mass is 9.94. The van der Waals surface area contributed by atoms with E-state index in [1.54, 1.807) is 13.0 Å². The van der Waals surface area contributed by atoms with E-state index >= 15 is 0 Å². The van der Waals surface area contributed by atoms with Crippen LogP contribution in [-0.4, -0.2) is 52.5 Å². The van der Waals surface area contributed by atoms with E-state index in [4.69, 9.17) is 4.42 Å². The van der Waals surface area contributed by atoms with Crippen LogP contribution < -0.4 is 0 Å². The Bertz CT molecular complexity index is 771. The summed E-state index contributed by atoms with van der Waals surface area (Å²) >= 11 is 0. The van der Waals surface area contributed by atoms with Crippen LogP contribution in [0.4, 0.5) is 0 Å². The molecule has 3 rings (SSSR count). The Labute approximate surface area is 153 Å². The monoisotopic (exact) mass is 356 g/mol. The lowest BCUT2D eigenvalue weighted by Crippen LogP contribution is -2.54. The minimum absolute atomic E-state index is 0.116. The summed E-state index contributed by atoms with van der Waals surface area (Å²) in [6.45, 7) is 2.89. The van der Waals surface area contributed by atoms with Gasteiger partial charge in [0.2, 0.25) is 0 Å². The van der Waals surface area contributed by atoms with Gasteiger partial charge in [0.1, 0.15) is 11.8 Å². The van der Waals surface area contributed by atoms with Crippen LogP contribution in [-0.2, 0) is 11.3 Å². The molecule has 0 unspecified atom stereocenters. The highest BCUT2D eigenvalue weighted by Gasteiger charge is 2.38. The summed E-state index contributed by atoms with van der Waals surface area (Å²) in [4.78, 5) is 28.2. The summed E-state index contributed by atoms with van der Waals surface area (Å²) in [5, 5.41) is 9.68. The summed E-state index contributed by atoms with van der Waals surface area (Å²) in [6.07, 6.45) is 2.62. The first-order valence-electron chi connectivity index (χ1n) is 8.79. The molecule has 2 atom stereocenters. The standard InChI is InChI=1S/C20H24N2O4/c1-14-17(9-11-26-14)19(23)22-10-8-16(12-18(22)20(24)25)21(2)13-15-6-4-3-5-7-15/h3-7,9,11,16,18H,8,10,12-13H2,1-2H3,(H,24,25)/t16-,18+/m1/s1. The molecule has 0 aliphatic carbocycles. The van der Waals surface area contributed by atoms with Crippen molar-refractivity contribution in [2.45, 2.75) is 38.4 Å². The van der Waals surface area contributed by atoms with Crippen molar-refractivity contribution in [3.05, 3.63) is 59.5 Å². The number of aliphatic carboxylic acids is 1. The van der Waals surface area contributed by atoms with Crippen molar-refractivity contribution >= 4 is 11.9 Å². The number of hydrogen-bond acceptors (Lipinski definition) is 4. The number of carbonyl (C=O) groups is 2. The number of nitrogens with zero attached hydrogens (tertiary/aromatic N) is 2. The van der Waals surface area contributed by atoms with Crippen molar-refractivity contribution in [3.8, 4) is 0 Å². The van der Waals surface area contributed by atoms with E-state index < -0.39 is 12.0 Å². The highest BCUT2D eigenvalue weighted by molar-refractivity contribution is 5.97. The molecular weight excluding hydrogens is 332 g/mol. The molecule has 1 aromatic heterocycles. The zero-order chi connectivity index (χ0) is 18.7. The lowest BCUT2D eigenvalue weighted by molar-refractivity contribution is -0.144. The minimum Gasteiger partial charge on any atom is -0.480 e. The van der Waals surface area contributed by atoms with E-state index in [-0.39, 0.29) is 11.9 Å². The first kappa shape index (κ1) is 18.2. The Balaban J connectivity index is 1.71. The van der Waals surface area contributed by atoms with Gasteiger partial charge < -0.3 is 14.4 Å². The molecule has 138 valence electrons. The van der Waals surface area contributed by atoms with E-state index in [1.165, 1.54) is 16.7 Å². The van der Waals surface area contributed by atoms with Gasteiger partial charge in [0.05, 0.1) is 11.8 Å². The summed E-state index contributed by atoms with van der Waals surface area (Å²) in [6, 6.07) is 11.0. The smallest absolute Gasteiger partial charge is 0.326 e. The average Bonchev–Trinajstić information content (AvgIpc) is 3.07. The zero-order valence-electron chi connectivity index (χ0n) is 15.1. The second-order valence-electron chi connectivity index (χ2n) is 6.82. The SMILES string of the molecule is Cc1occc1C(=O)N1CC[C@@H](N(C)Cc2ccccc2)C[C@H]1C(=O)O. The number of aryl methyl sites for hydroxylation is 1. The summed E-state index contributed by atoms with van der Waals surface area (Å²) < 4.78 is 5.19. The number of likely N-dealkylation sites (tertiary alicyclic amines) is 1. The van der Waals surface area contributed by atoms with Gasteiger partial charge in [-0.2, -0.15) is 0 Å². The average molecular weight is 356 g/mol. The van der Waals surface area contributed by atoms with Gasteiger partial charge in [0.15, 0.2) is 0 Å². The molecule has 2 heterocycles. The molecule has 0 bridgehead atoms. The third-order valence-electron chi connectivity index (χ3n) is 5.11. The minimum atomic E-state index is -0.961. The number of benzene rings is 1.